The summed E-state index contributed by atoms with van der Waals surface area (Å²) in [7, 11) is 0. The Morgan fingerprint density at radius 2 is 2.00 bits per heavy atom. The number of rotatable bonds is 9. The lowest BCUT2D eigenvalue weighted by Crippen LogP contribution is -2.46. The van der Waals surface area contributed by atoms with E-state index in [2.05, 4.69) is 29.0 Å². The third-order valence-corrected chi connectivity index (χ3v) is 6.17. The zero-order chi connectivity index (χ0) is 21.3. The molecule has 1 aliphatic carbocycles. The van der Waals surface area contributed by atoms with Gasteiger partial charge in [0.15, 0.2) is 5.78 Å². The zero-order valence-corrected chi connectivity index (χ0v) is 18.3. The molecule has 2 heterocycles. The fourth-order valence-corrected chi connectivity index (χ4v) is 4.21. The van der Waals surface area contributed by atoms with Crippen LogP contribution in [0.5, 0.6) is 0 Å². The number of ketones is 1. The van der Waals surface area contributed by atoms with Gasteiger partial charge in [0.2, 0.25) is 5.91 Å². The van der Waals surface area contributed by atoms with Crippen molar-refractivity contribution in [3.05, 3.63) is 48.2 Å². The largest absolute Gasteiger partial charge is 0.462 e. The van der Waals surface area contributed by atoms with E-state index >= 15 is 0 Å². The van der Waals surface area contributed by atoms with Crippen molar-refractivity contribution < 1.29 is 14.3 Å². The molecule has 1 saturated heterocycles. The third-order valence-electron chi connectivity index (χ3n) is 6.17. The normalized spacial score (nSPS) is 20.2. The van der Waals surface area contributed by atoms with Crippen molar-refractivity contribution in [2.24, 2.45) is 5.92 Å². The van der Waals surface area contributed by atoms with Crippen molar-refractivity contribution in [1.82, 2.24) is 15.1 Å². The molecule has 1 N–H and O–H groups in total. The first-order valence-corrected chi connectivity index (χ1v) is 11.3. The Hall–Kier alpha value is -2.34. The minimum absolute atomic E-state index is 0.109. The van der Waals surface area contributed by atoms with E-state index in [1.54, 1.807) is 18.4 Å². The number of hydrogen-bond acceptors (Lipinski definition) is 5. The lowest BCUT2D eigenvalue weighted by Gasteiger charge is -2.33. The van der Waals surface area contributed by atoms with E-state index < -0.39 is 0 Å². The van der Waals surface area contributed by atoms with E-state index in [0.29, 0.717) is 12.5 Å². The molecule has 6 nitrogen and oxygen atoms in total. The second-order valence-corrected chi connectivity index (χ2v) is 8.32. The molecule has 0 spiro atoms. The Morgan fingerprint density at radius 3 is 2.70 bits per heavy atom. The molecule has 0 aromatic heterocycles. The summed E-state index contributed by atoms with van der Waals surface area (Å²) in [5.41, 5.74) is 0.925. The fraction of sp³-hybridized carbons (Fsp3) is 0.583. The number of piperidine rings is 1. The molecule has 3 rings (SSSR count). The topological polar surface area (TPSA) is 61.9 Å². The smallest absolute Gasteiger partial charge is 0.223 e. The van der Waals surface area contributed by atoms with Crippen LogP contribution in [-0.4, -0.2) is 53.7 Å². The Kier molecular flexibility index (Phi) is 8.31. The molecular weight excluding hydrogens is 378 g/mol. The Morgan fingerprint density at radius 1 is 1.23 bits per heavy atom. The Bertz CT molecular complexity index is 726. The molecule has 2 aliphatic heterocycles. The van der Waals surface area contributed by atoms with Gasteiger partial charge in [-0.05, 0) is 44.7 Å². The highest BCUT2D eigenvalue weighted by atomic mass is 16.5. The molecule has 0 radical (unpaired) electrons. The van der Waals surface area contributed by atoms with Gasteiger partial charge in [0, 0.05) is 56.0 Å². The molecule has 0 aromatic rings. The molecule has 1 fully saturated rings. The van der Waals surface area contributed by atoms with Crippen molar-refractivity contribution in [1.29, 1.82) is 0 Å². The van der Waals surface area contributed by atoms with E-state index in [-0.39, 0.29) is 17.6 Å². The maximum absolute atomic E-state index is 12.3. The number of ether oxygens (including phenoxy) is 1. The summed E-state index contributed by atoms with van der Waals surface area (Å²) in [6, 6.07) is 0.322. The number of nitrogens with zero attached hydrogens (tertiary/aromatic N) is 2. The molecule has 0 aromatic carbocycles. The molecule has 30 heavy (non-hydrogen) atoms. The molecule has 0 atom stereocenters. The van der Waals surface area contributed by atoms with Crippen molar-refractivity contribution in [2.45, 2.75) is 58.4 Å². The maximum Gasteiger partial charge on any atom is 0.223 e. The van der Waals surface area contributed by atoms with Gasteiger partial charge >= 0.3 is 0 Å². The van der Waals surface area contributed by atoms with Gasteiger partial charge in [-0.15, -0.1) is 0 Å². The first-order chi connectivity index (χ1) is 14.6. The highest BCUT2D eigenvalue weighted by Crippen LogP contribution is 2.23. The fourth-order valence-electron chi connectivity index (χ4n) is 4.21. The average Bonchev–Trinajstić information content (AvgIpc) is 2.76. The molecule has 0 saturated carbocycles. The molecule has 0 bridgehead atoms. The standard InChI is InChI=1S/C24H35N3O3/c1-3-19(4-2)24(29)25-21-9-13-26(14-10-21)11-6-12-27-15-16-30-23(18-27)20-7-5-8-22(28)17-20/h5,7-8,15-16,18-19,21H,3-4,6,9-14,17H2,1-2H3,(H,25,29). The highest BCUT2D eigenvalue weighted by Gasteiger charge is 2.23. The van der Waals surface area contributed by atoms with E-state index in [1.807, 2.05) is 18.5 Å². The van der Waals surface area contributed by atoms with Crippen molar-refractivity contribution in [3.63, 3.8) is 0 Å². The van der Waals surface area contributed by atoms with Crippen molar-refractivity contribution in [2.75, 3.05) is 26.2 Å². The van der Waals surface area contributed by atoms with Crippen LogP contribution >= 0.6 is 0 Å². The number of allylic oxidation sites excluding steroid dienone is 4. The molecule has 1 amide bonds. The van der Waals surface area contributed by atoms with Crippen LogP contribution in [0.4, 0.5) is 0 Å². The number of likely N-dealkylation sites (tertiary alicyclic amines) is 1. The summed E-state index contributed by atoms with van der Waals surface area (Å²) < 4.78 is 5.61. The van der Waals surface area contributed by atoms with Crippen LogP contribution in [0.15, 0.2) is 48.2 Å². The maximum atomic E-state index is 12.3. The SMILES string of the molecule is CCC(CC)C(=O)NC1CCN(CCCN2C=COC(C3=CC=CC(=O)C3)=C2)CC1. The van der Waals surface area contributed by atoms with E-state index in [0.717, 1.165) is 69.6 Å². The van der Waals surface area contributed by atoms with E-state index in [1.165, 1.54) is 0 Å². The van der Waals surface area contributed by atoms with Gasteiger partial charge in [-0.25, -0.2) is 0 Å². The predicted molar refractivity (Wildman–Crippen MR) is 118 cm³/mol. The first-order valence-electron chi connectivity index (χ1n) is 11.3. The van der Waals surface area contributed by atoms with Gasteiger partial charge in [0.1, 0.15) is 12.0 Å². The van der Waals surface area contributed by atoms with Gasteiger partial charge in [-0.1, -0.05) is 26.0 Å². The van der Waals surface area contributed by atoms with Gasteiger partial charge in [0.05, 0.1) is 0 Å². The van der Waals surface area contributed by atoms with E-state index in [9.17, 15) is 9.59 Å². The Balaban J connectivity index is 1.37. The van der Waals surface area contributed by atoms with Gasteiger partial charge in [0.25, 0.3) is 0 Å². The van der Waals surface area contributed by atoms with Crippen LogP contribution in [0, 0.1) is 5.92 Å². The van der Waals surface area contributed by atoms with Crippen LogP contribution < -0.4 is 5.32 Å². The summed E-state index contributed by atoms with van der Waals surface area (Å²) in [6.07, 6.45) is 16.3. The minimum Gasteiger partial charge on any atom is -0.462 e. The Labute approximate surface area is 180 Å². The summed E-state index contributed by atoms with van der Waals surface area (Å²) in [6.45, 7) is 8.20. The monoisotopic (exact) mass is 413 g/mol. The summed E-state index contributed by atoms with van der Waals surface area (Å²) in [5, 5.41) is 3.25. The lowest BCUT2D eigenvalue weighted by molar-refractivity contribution is -0.126. The van der Waals surface area contributed by atoms with Crippen LogP contribution in [0.2, 0.25) is 0 Å². The third kappa shape index (κ3) is 6.33. The quantitative estimate of drug-likeness (QED) is 0.627. The molecule has 3 aliphatic rings. The minimum atomic E-state index is 0.109. The molecule has 0 unspecified atom stereocenters. The molecule has 6 heteroatoms. The van der Waals surface area contributed by atoms with Crippen molar-refractivity contribution >= 4 is 11.7 Å². The number of carbonyl (C=O) groups excluding carboxylic acids is 2. The van der Waals surface area contributed by atoms with Crippen molar-refractivity contribution in [3.8, 4) is 0 Å². The number of hydrogen-bond donors (Lipinski definition) is 1. The zero-order valence-electron chi connectivity index (χ0n) is 18.3. The molecular formula is C24H35N3O3. The average molecular weight is 414 g/mol. The predicted octanol–water partition coefficient (Wildman–Crippen LogP) is 3.49. The van der Waals surface area contributed by atoms with Gasteiger partial charge in [-0.3, -0.25) is 9.59 Å². The number of carbonyl (C=O) groups is 2. The summed E-state index contributed by atoms with van der Waals surface area (Å²) in [5.74, 6) is 1.24. The number of amides is 1. The summed E-state index contributed by atoms with van der Waals surface area (Å²) >= 11 is 0. The van der Waals surface area contributed by atoms with Crippen LogP contribution in [0.25, 0.3) is 0 Å². The van der Waals surface area contributed by atoms with E-state index in [4.69, 9.17) is 4.74 Å². The second-order valence-electron chi connectivity index (χ2n) is 8.32. The summed E-state index contributed by atoms with van der Waals surface area (Å²) in [4.78, 5) is 28.5. The highest BCUT2D eigenvalue weighted by molar-refractivity contribution is 5.93. The van der Waals surface area contributed by atoms with Crippen LogP contribution in [0.1, 0.15) is 52.4 Å². The van der Waals surface area contributed by atoms with Gasteiger partial charge in [-0.2, -0.15) is 0 Å². The molecule has 164 valence electrons. The van der Waals surface area contributed by atoms with Crippen LogP contribution in [-0.2, 0) is 14.3 Å². The van der Waals surface area contributed by atoms with Crippen LogP contribution in [0.3, 0.4) is 0 Å². The number of nitrogens with one attached hydrogen (secondary N) is 1. The second kappa shape index (κ2) is 11.2. The first kappa shape index (κ1) is 22.3. The lowest BCUT2D eigenvalue weighted by atomic mass is 9.99. The van der Waals surface area contributed by atoms with Gasteiger partial charge < -0.3 is 19.9 Å².